The second kappa shape index (κ2) is 3.60. The van der Waals surface area contributed by atoms with Crippen LogP contribution in [0.3, 0.4) is 0 Å². The topological polar surface area (TPSA) is 17.3 Å². The lowest BCUT2D eigenvalue weighted by molar-refractivity contribution is 0.224. The summed E-state index contributed by atoms with van der Waals surface area (Å²) in [7, 11) is 0. The maximum absolute atomic E-state index is 4.83. The van der Waals surface area contributed by atoms with Gasteiger partial charge in [-0.15, -0.1) is 0 Å². The number of hydrogen-bond donors (Lipinski definition) is 0. The van der Waals surface area contributed by atoms with Gasteiger partial charge in [0.05, 0.1) is 11.4 Å². The van der Waals surface area contributed by atoms with Crippen molar-refractivity contribution in [2.75, 3.05) is 0 Å². The number of hydrogen-bond acceptors (Lipinski definition) is 1. The summed E-state index contributed by atoms with van der Waals surface area (Å²) >= 11 is 3.56. The van der Waals surface area contributed by atoms with E-state index in [1.54, 1.807) is 0 Å². The lowest BCUT2D eigenvalue weighted by Crippen LogP contribution is -2.35. The van der Waals surface area contributed by atoms with E-state index in [4.69, 9.17) is 4.98 Å². The molecular formula is C15H19BrN2. The lowest BCUT2D eigenvalue weighted by atomic mass is 9.66. The van der Waals surface area contributed by atoms with Crippen LogP contribution in [0.1, 0.15) is 45.5 Å². The van der Waals surface area contributed by atoms with Gasteiger partial charge >= 0.3 is 0 Å². The van der Waals surface area contributed by atoms with Gasteiger partial charge in [0.25, 0.3) is 0 Å². The number of aromatic nitrogens is 2. The maximum Gasteiger partial charge on any atom is 0.137 e. The molecule has 0 unspecified atom stereocenters. The summed E-state index contributed by atoms with van der Waals surface area (Å²) in [4.78, 5) is 4.83. The second-order valence-corrected chi connectivity index (χ2v) is 7.80. The van der Waals surface area contributed by atoms with Gasteiger partial charge in [-0.25, -0.2) is 4.98 Å². The summed E-state index contributed by atoms with van der Waals surface area (Å²) in [6.07, 6.45) is 4.42. The van der Waals surface area contributed by atoms with Crippen molar-refractivity contribution in [1.82, 2.24) is 9.38 Å². The first-order valence-corrected chi connectivity index (χ1v) is 7.25. The Morgan fingerprint density at radius 1 is 1.22 bits per heavy atom. The van der Waals surface area contributed by atoms with E-state index in [0.717, 1.165) is 16.5 Å². The van der Waals surface area contributed by atoms with Crippen molar-refractivity contribution >= 4 is 21.6 Å². The molecule has 3 rings (SSSR count). The minimum atomic E-state index is 0.178. The van der Waals surface area contributed by atoms with Gasteiger partial charge < -0.3 is 4.40 Å². The highest BCUT2D eigenvalue weighted by atomic mass is 79.9. The SMILES string of the molecule is CC1(C)Cc2nc3ccc(Br)cn3c2C(C)(C)C1. The minimum absolute atomic E-state index is 0.178. The van der Waals surface area contributed by atoms with Crippen LogP contribution in [0.2, 0.25) is 0 Å². The lowest BCUT2D eigenvalue weighted by Gasteiger charge is -2.40. The van der Waals surface area contributed by atoms with E-state index in [9.17, 15) is 0 Å². The van der Waals surface area contributed by atoms with Gasteiger partial charge in [0.2, 0.25) is 0 Å². The molecule has 0 radical (unpaired) electrons. The van der Waals surface area contributed by atoms with E-state index < -0.39 is 0 Å². The van der Waals surface area contributed by atoms with Crippen molar-refractivity contribution in [1.29, 1.82) is 0 Å². The molecule has 2 nitrogen and oxygen atoms in total. The summed E-state index contributed by atoms with van der Waals surface area (Å²) in [5, 5.41) is 0. The van der Waals surface area contributed by atoms with E-state index >= 15 is 0 Å². The Kier molecular flexibility index (Phi) is 2.44. The maximum atomic E-state index is 4.83. The van der Waals surface area contributed by atoms with Gasteiger partial charge in [0.1, 0.15) is 5.65 Å². The first-order chi connectivity index (χ1) is 8.28. The normalized spacial score (nSPS) is 20.9. The zero-order valence-electron chi connectivity index (χ0n) is 11.4. The summed E-state index contributed by atoms with van der Waals surface area (Å²) < 4.78 is 3.37. The van der Waals surface area contributed by atoms with E-state index in [2.05, 4.69) is 66.4 Å². The molecule has 0 atom stereocenters. The highest BCUT2D eigenvalue weighted by Crippen LogP contribution is 2.45. The average Bonchev–Trinajstić information content (AvgIpc) is 2.51. The summed E-state index contributed by atoms with van der Waals surface area (Å²) in [5.41, 5.74) is 4.24. The van der Waals surface area contributed by atoms with Crippen molar-refractivity contribution < 1.29 is 0 Å². The van der Waals surface area contributed by atoms with Crippen LogP contribution in [0.25, 0.3) is 5.65 Å². The van der Waals surface area contributed by atoms with Crippen molar-refractivity contribution in [2.24, 2.45) is 5.41 Å². The average molecular weight is 307 g/mol. The Labute approximate surface area is 117 Å². The minimum Gasteiger partial charge on any atom is -0.302 e. The van der Waals surface area contributed by atoms with Gasteiger partial charge in [-0.3, -0.25) is 0 Å². The van der Waals surface area contributed by atoms with Gasteiger partial charge in [-0.05, 0) is 46.3 Å². The molecule has 2 aromatic rings. The second-order valence-electron chi connectivity index (χ2n) is 6.88. The quantitative estimate of drug-likeness (QED) is 0.707. The number of fused-ring (bicyclic) bond motifs is 3. The Morgan fingerprint density at radius 3 is 2.67 bits per heavy atom. The number of imidazole rings is 1. The summed E-state index contributed by atoms with van der Waals surface area (Å²) in [6.45, 7) is 9.36. The zero-order chi connectivity index (χ0) is 13.1. The third-order valence-corrected chi connectivity index (χ3v) is 4.33. The summed E-state index contributed by atoms with van der Waals surface area (Å²) in [5.74, 6) is 0. The van der Waals surface area contributed by atoms with Crippen molar-refractivity contribution in [2.45, 2.75) is 46.0 Å². The van der Waals surface area contributed by atoms with Crippen LogP contribution in [0.15, 0.2) is 22.8 Å². The van der Waals surface area contributed by atoms with Crippen molar-refractivity contribution in [3.8, 4) is 0 Å². The molecular weight excluding hydrogens is 288 g/mol. The Balaban J connectivity index is 2.32. The molecule has 96 valence electrons. The first-order valence-electron chi connectivity index (χ1n) is 6.46. The number of pyridine rings is 1. The third kappa shape index (κ3) is 1.80. The molecule has 18 heavy (non-hydrogen) atoms. The van der Waals surface area contributed by atoms with Crippen LogP contribution in [-0.4, -0.2) is 9.38 Å². The smallest absolute Gasteiger partial charge is 0.137 e. The van der Waals surface area contributed by atoms with E-state index in [0.29, 0.717) is 5.41 Å². The van der Waals surface area contributed by atoms with E-state index in [1.165, 1.54) is 17.8 Å². The fourth-order valence-electron chi connectivity index (χ4n) is 3.70. The van der Waals surface area contributed by atoms with Crippen LogP contribution in [0.5, 0.6) is 0 Å². The van der Waals surface area contributed by atoms with E-state index in [1.807, 2.05) is 0 Å². The van der Waals surface area contributed by atoms with Crippen LogP contribution in [0, 0.1) is 5.41 Å². The van der Waals surface area contributed by atoms with Crippen LogP contribution in [-0.2, 0) is 11.8 Å². The fourth-order valence-corrected chi connectivity index (χ4v) is 4.04. The van der Waals surface area contributed by atoms with Gasteiger partial charge in [0.15, 0.2) is 0 Å². The molecule has 0 N–H and O–H groups in total. The molecule has 0 aliphatic heterocycles. The molecule has 1 aliphatic carbocycles. The predicted molar refractivity (Wildman–Crippen MR) is 78.0 cm³/mol. The van der Waals surface area contributed by atoms with Crippen LogP contribution >= 0.6 is 15.9 Å². The van der Waals surface area contributed by atoms with Crippen LogP contribution < -0.4 is 0 Å². The zero-order valence-corrected chi connectivity index (χ0v) is 13.0. The van der Waals surface area contributed by atoms with Gasteiger partial charge in [-0.1, -0.05) is 27.7 Å². The molecule has 2 heterocycles. The van der Waals surface area contributed by atoms with E-state index in [-0.39, 0.29) is 5.41 Å². The van der Waals surface area contributed by atoms with Gasteiger partial charge in [0, 0.05) is 16.1 Å². The Bertz CT molecular complexity index is 623. The van der Waals surface area contributed by atoms with Crippen molar-refractivity contribution in [3.63, 3.8) is 0 Å². The van der Waals surface area contributed by atoms with Gasteiger partial charge in [-0.2, -0.15) is 0 Å². The fraction of sp³-hybridized carbons (Fsp3) is 0.533. The molecule has 0 aromatic carbocycles. The predicted octanol–water partition coefficient (Wildman–Crippen LogP) is 4.35. The highest BCUT2D eigenvalue weighted by molar-refractivity contribution is 9.10. The molecule has 0 bridgehead atoms. The molecule has 0 spiro atoms. The molecule has 3 heteroatoms. The third-order valence-electron chi connectivity index (χ3n) is 3.86. The monoisotopic (exact) mass is 306 g/mol. The highest BCUT2D eigenvalue weighted by Gasteiger charge is 2.40. The molecule has 0 amide bonds. The molecule has 0 fully saturated rings. The Morgan fingerprint density at radius 2 is 1.94 bits per heavy atom. The molecule has 1 aliphatic rings. The Hall–Kier alpha value is -0.830. The number of nitrogens with zero attached hydrogens (tertiary/aromatic N) is 2. The standard InChI is InChI=1S/C15H19BrN2/c1-14(2)7-11-13(15(3,4)9-14)18-8-10(16)5-6-12(18)17-11/h5-6,8H,7,9H2,1-4H3. The number of rotatable bonds is 0. The largest absolute Gasteiger partial charge is 0.302 e. The first kappa shape index (κ1) is 12.2. The molecule has 2 aromatic heterocycles. The molecule has 0 saturated carbocycles. The van der Waals surface area contributed by atoms with Crippen molar-refractivity contribution in [3.05, 3.63) is 34.2 Å². The number of halogens is 1. The molecule has 0 saturated heterocycles. The van der Waals surface area contributed by atoms with Crippen LogP contribution in [0.4, 0.5) is 0 Å². The summed E-state index contributed by atoms with van der Waals surface area (Å²) in [6, 6.07) is 4.15.